The number of hydrogen-bond donors (Lipinski definition) is 1. The lowest BCUT2D eigenvalue weighted by atomic mass is 9.98. The number of carbonyl (C=O) groups is 1. The maximum atomic E-state index is 14.6. The number of anilines is 1. The van der Waals surface area contributed by atoms with Gasteiger partial charge in [0.15, 0.2) is 5.65 Å². The lowest BCUT2D eigenvalue weighted by molar-refractivity contribution is 0.0601. The zero-order valence-corrected chi connectivity index (χ0v) is 19.0. The number of hydrogen-bond acceptors (Lipinski definition) is 6. The second kappa shape index (κ2) is 8.62. The quantitative estimate of drug-likeness (QED) is 0.654. The van der Waals surface area contributed by atoms with Gasteiger partial charge in [0.1, 0.15) is 17.4 Å². The Morgan fingerprint density at radius 1 is 1.21 bits per heavy atom. The Morgan fingerprint density at radius 2 is 2.06 bits per heavy atom. The Balaban J connectivity index is 1.46. The Kier molecular flexibility index (Phi) is 5.65. The van der Waals surface area contributed by atoms with Crippen molar-refractivity contribution in [2.75, 3.05) is 31.6 Å². The van der Waals surface area contributed by atoms with Gasteiger partial charge in [-0.25, -0.2) is 13.9 Å². The normalized spacial score (nSPS) is 21.1. The van der Waals surface area contributed by atoms with E-state index >= 15 is 0 Å². The molecule has 0 spiro atoms. The molecule has 8 nitrogen and oxygen atoms in total. The van der Waals surface area contributed by atoms with E-state index in [1.165, 1.54) is 19.2 Å². The lowest BCUT2D eigenvalue weighted by Gasteiger charge is -2.34. The number of ether oxygens (including phenoxy) is 1. The first-order valence-corrected chi connectivity index (χ1v) is 11.5. The van der Waals surface area contributed by atoms with E-state index in [9.17, 15) is 9.18 Å². The van der Waals surface area contributed by atoms with Gasteiger partial charge in [0.2, 0.25) is 0 Å². The minimum Gasteiger partial charge on any atom is -0.497 e. The van der Waals surface area contributed by atoms with Crippen LogP contribution in [0.4, 0.5) is 10.2 Å². The molecular formula is C24H29FN6O2. The minimum atomic E-state index is -0.579. The standard InChI is InChI=1S/C24H29FN6O2/c1-15-13-31-22(27-23(15)29-10-8-16(26)14-29)12-20(28-31)21-5-3-4-9-30(21)24(32)18-7-6-17(33-2)11-19(18)25/h6-7,11-13,16,21H,3-5,8-10,14,26H2,1-2H3. The van der Waals surface area contributed by atoms with Gasteiger partial charge in [-0.1, -0.05) is 0 Å². The van der Waals surface area contributed by atoms with Crippen LogP contribution >= 0.6 is 0 Å². The first-order chi connectivity index (χ1) is 15.9. The monoisotopic (exact) mass is 452 g/mol. The van der Waals surface area contributed by atoms with Gasteiger partial charge < -0.3 is 20.3 Å². The van der Waals surface area contributed by atoms with Gasteiger partial charge >= 0.3 is 0 Å². The molecule has 2 unspecified atom stereocenters. The molecule has 0 saturated carbocycles. The zero-order chi connectivity index (χ0) is 23.1. The van der Waals surface area contributed by atoms with Crippen LogP contribution in [0.2, 0.25) is 0 Å². The van der Waals surface area contributed by atoms with Gasteiger partial charge in [0.05, 0.1) is 24.4 Å². The van der Waals surface area contributed by atoms with Crippen molar-refractivity contribution in [3.8, 4) is 5.75 Å². The molecule has 0 aliphatic carbocycles. The van der Waals surface area contributed by atoms with Crippen molar-refractivity contribution in [2.45, 2.75) is 44.7 Å². The Hall–Kier alpha value is -3.20. The van der Waals surface area contributed by atoms with Crippen LogP contribution in [0.5, 0.6) is 5.75 Å². The SMILES string of the molecule is COc1ccc(C(=O)N2CCCCC2c2cc3nc(N4CCC(N)C4)c(C)cn3n2)c(F)c1. The molecule has 5 rings (SSSR count). The van der Waals surface area contributed by atoms with E-state index < -0.39 is 5.82 Å². The first kappa shape index (κ1) is 21.6. The van der Waals surface area contributed by atoms with Gasteiger partial charge in [-0.05, 0) is 44.7 Å². The summed E-state index contributed by atoms with van der Waals surface area (Å²) in [6.07, 6.45) is 5.57. The molecule has 2 N–H and O–H groups in total. The smallest absolute Gasteiger partial charge is 0.257 e. The molecule has 2 aliphatic heterocycles. The van der Waals surface area contributed by atoms with E-state index in [1.807, 2.05) is 19.2 Å². The number of methoxy groups -OCH3 is 1. The predicted octanol–water partition coefficient (Wildman–Crippen LogP) is 3.09. The molecule has 3 aromatic rings. The summed E-state index contributed by atoms with van der Waals surface area (Å²) in [5.41, 5.74) is 8.68. The number of halogens is 1. The lowest BCUT2D eigenvalue weighted by Crippen LogP contribution is -2.39. The average molecular weight is 453 g/mol. The van der Waals surface area contributed by atoms with E-state index in [1.54, 1.807) is 15.5 Å². The highest BCUT2D eigenvalue weighted by Crippen LogP contribution is 2.33. The van der Waals surface area contributed by atoms with Gasteiger partial charge in [-0.15, -0.1) is 0 Å². The molecule has 1 aromatic carbocycles. The number of benzene rings is 1. The fourth-order valence-electron chi connectivity index (χ4n) is 4.91. The van der Waals surface area contributed by atoms with Crippen LogP contribution in [-0.2, 0) is 0 Å². The molecule has 33 heavy (non-hydrogen) atoms. The number of piperidine rings is 1. The fraction of sp³-hybridized carbons (Fsp3) is 0.458. The number of nitrogens with zero attached hydrogens (tertiary/aromatic N) is 5. The van der Waals surface area contributed by atoms with Crippen molar-refractivity contribution in [3.63, 3.8) is 0 Å². The van der Waals surface area contributed by atoms with Crippen molar-refractivity contribution in [1.82, 2.24) is 19.5 Å². The summed E-state index contributed by atoms with van der Waals surface area (Å²) in [7, 11) is 1.47. The number of fused-ring (bicyclic) bond motifs is 1. The molecule has 0 radical (unpaired) electrons. The minimum absolute atomic E-state index is 0.0492. The van der Waals surface area contributed by atoms with E-state index in [0.29, 0.717) is 12.3 Å². The largest absolute Gasteiger partial charge is 0.497 e. The summed E-state index contributed by atoms with van der Waals surface area (Å²) in [5.74, 6) is 0.409. The van der Waals surface area contributed by atoms with Crippen molar-refractivity contribution in [1.29, 1.82) is 0 Å². The van der Waals surface area contributed by atoms with E-state index in [-0.39, 0.29) is 23.6 Å². The summed E-state index contributed by atoms with van der Waals surface area (Å²) in [6, 6.07) is 6.24. The second-order valence-corrected chi connectivity index (χ2v) is 8.97. The molecule has 0 bridgehead atoms. The van der Waals surface area contributed by atoms with Crippen LogP contribution in [0.3, 0.4) is 0 Å². The molecule has 2 atom stereocenters. The number of aromatic nitrogens is 3. The molecule has 2 saturated heterocycles. The average Bonchev–Trinajstić information content (AvgIpc) is 3.43. The van der Waals surface area contributed by atoms with E-state index in [2.05, 4.69) is 4.90 Å². The third-order valence-corrected chi connectivity index (χ3v) is 6.66. The van der Waals surface area contributed by atoms with Crippen molar-refractivity contribution in [2.24, 2.45) is 5.73 Å². The number of likely N-dealkylation sites (tertiary alicyclic amines) is 1. The summed E-state index contributed by atoms with van der Waals surface area (Å²) < 4.78 is 21.5. The summed E-state index contributed by atoms with van der Waals surface area (Å²) >= 11 is 0. The molecule has 9 heteroatoms. The fourth-order valence-corrected chi connectivity index (χ4v) is 4.91. The third kappa shape index (κ3) is 4.01. The van der Waals surface area contributed by atoms with Crippen LogP contribution in [0, 0.1) is 12.7 Å². The Morgan fingerprint density at radius 3 is 2.79 bits per heavy atom. The number of aryl methyl sites for hydroxylation is 1. The van der Waals surface area contributed by atoms with Crippen LogP contribution in [0.15, 0.2) is 30.5 Å². The summed E-state index contributed by atoms with van der Waals surface area (Å²) in [4.78, 5) is 22.1. The third-order valence-electron chi connectivity index (χ3n) is 6.66. The Labute approximate surface area is 192 Å². The van der Waals surface area contributed by atoms with Crippen LogP contribution in [0.25, 0.3) is 5.65 Å². The highest BCUT2D eigenvalue weighted by Gasteiger charge is 2.32. The van der Waals surface area contributed by atoms with Gasteiger partial charge in [-0.3, -0.25) is 4.79 Å². The van der Waals surface area contributed by atoms with Crippen molar-refractivity contribution >= 4 is 17.4 Å². The van der Waals surface area contributed by atoms with Crippen LogP contribution in [0.1, 0.15) is 53.3 Å². The maximum absolute atomic E-state index is 14.6. The molecular weight excluding hydrogens is 423 g/mol. The molecule has 1 amide bonds. The highest BCUT2D eigenvalue weighted by atomic mass is 19.1. The predicted molar refractivity (Wildman–Crippen MR) is 123 cm³/mol. The number of rotatable bonds is 4. The molecule has 4 heterocycles. The highest BCUT2D eigenvalue weighted by molar-refractivity contribution is 5.95. The first-order valence-electron chi connectivity index (χ1n) is 11.5. The summed E-state index contributed by atoms with van der Waals surface area (Å²) in [6.45, 7) is 4.27. The number of nitrogens with two attached hydrogens (primary N) is 1. The van der Waals surface area contributed by atoms with Gasteiger partial charge in [0, 0.05) is 49.6 Å². The van der Waals surface area contributed by atoms with E-state index in [4.69, 9.17) is 20.6 Å². The van der Waals surface area contributed by atoms with Gasteiger partial charge in [-0.2, -0.15) is 5.10 Å². The molecule has 2 fully saturated rings. The summed E-state index contributed by atoms with van der Waals surface area (Å²) in [5, 5.41) is 4.76. The van der Waals surface area contributed by atoms with Crippen molar-refractivity contribution < 1.29 is 13.9 Å². The number of amides is 1. The van der Waals surface area contributed by atoms with Crippen LogP contribution in [-0.4, -0.2) is 58.2 Å². The van der Waals surface area contributed by atoms with Crippen molar-refractivity contribution in [3.05, 3.63) is 53.1 Å². The maximum Gasteiger partial charge on any atom is 0.257 e. The molecule has 2 aliphatic rings. The number of carbonyl (C=O) groups excluding carboxylic acids is 1. The Bertz CT molecular complexity index is 1200. The zero-order valence-electron chi connectivity index (χ0n) is 19.0. The molecule has 2 aromatic heterocycles. The topological polar surface area (TPSA) is 89.0 Å². The van der Waals surface area contributed by atoms with Crippen LogP contribution < -0.4 is 15.4 Å². The van der Waals surface area contributed by atoms with Gasteiger partial charge in [0.25, 0.3) is 5.91 Å². The van der Waals surface area contributed by atoms with E-state index in [0.717, 1.165) is 61.5 Å². The molecule has 174 valence electrons. The second-order valence-electron chi connectivity index (χ2n) is 8.97.